The first-order valence-electron chi connectivity index (χ1n) is 6.71. The highest BCUT2D eigenvalue weighted by Crippen LogP contribution is 2.15. The van der Waals surface area contributed by atoms with E-state index in [9.17, 15) is 0 Å². The molecule has 0 aliphatic carbocycles. The summed E-state index contributed by atoms with van der Waals surface area (Å²) in [6.07, 6.45) is 2.77. The molecule has 0 aromatic heterocycles. The van der Waals surface area contributed by atoms with Crippen molar-refractivity contribution >= 4 is 0 Å². The van der Waals surface area contributed by atoms with Crippen molar-refractivity contribution in [3.63, 3.8) is 0 Å². The largest absolute Gasteiger partial charge is 0.380 e. The van der Waals surface area contributed by atoms with Gasteiger partial charge in [0.2, 0.25) is 0 Å². The van der Waals surface area contributed by atoms with Gasteiger partial charge in [0, 0.05) is 26.3 Å². The van der Waals surface area contributed by atoms with Crippen molar-refractivity contribution in [1.82, 2.24) is 5.32 Å². The lowest BCUT2D eigenvalue weighted by atomic mass is 10.1. The highest BCUT2D eigenvalue weighted by atomic mass is 16.5. The molecule has 3 nitrogen and oxygen atoms in total. The summed E-state index contributed by atoms with van der Waals surface area (Å²) < 4.78 is 10.8. The van der Waals surface area contributed by atoms with Crippen molar-refractivity contribution in [3.8, 4) is 0 Å². The van der Waals surface area contributed by atoms with Gasteiger partial charge in [-0.3, -0.25) is 0 Å². The van der Waals surface area contributed by atoms with Crippen LogP contribution in [0.4, 0.5) is 0 Å². The van der Waals surface area contributed by atoms with Crippen LogP contribution < -0.4 is 5.32 Å². The third-order valence-corrected chi connectivity index (χ3v) is 3.48. The first kappa shape index (κ1) is 13.5. The molecule has 2 unspecified atom stereocenters. The van der Waals surface area contributed by atoms with Crippen molar-refractivity contribution < 1.29 is 9.47 Å². The zero-order valence-electron chi connectivity index (χ0n) is 11.3. The van der Waals surface area contributed by atoms with E-state index >= 15 is 0 Å². The Balaban J connectivity index is 1.78. The van der Waals surface area contributed by atoms with Gasteiger partial charge in [0.05, 0.1) is 12.7 Å². The molecule has 0 amide bonds. The Morgan fingerprint density at radius 1 is 1.33 bits per heavy atom. The predicted octanol–water partition coefficient (Wildman–Crippen LogP) is 2.49. The fourth-order valence-electron chi connectivity index (χ4n) is 2.33. The van der Waals surface area contributed by atoms with E-state index in [4.69, 9.17) is 9.47 Å². The monoisotopic (exact) mass is 249 g/mol. The topological polar surface area (TPSA) is 30.5 Å². The van der Waals surface area contributed by atoms with Crippen LogP contribution in [-0.4, -0.2) is 25.9 Å². The molecule has 2 rings (SSSR count). The van der Waals surface area contributed by atoms with E-state index < -0.39 is 0 Å². The van der Waals surface area contributed by atoms with Crippen LogP contribution in [0.15, 0.2) is 24.3 Å². The lowest BCUT2D eigenvalue weighted by Crippen LogP contribution is -2.36. The molecule has 0 radical (unpaired) electrons. The van der Waals surface area contributed by atoms with Crippen LogP contribution in [0, 0.1) is 0 Å². The number of ether oxygens (including phenoxy) is 2. The zero-order valence-corrected chi connectivity index (χ0v) is 11.3. The molecule has 1 aromatic rings. The van der Waals surface area contributed by atoms with Gasteiger partial charge in [-0.25, -0.2) is 0 Å². The number of hydrogen-bond acceptors (Lipinski definition) is 3. The van der Waals surface area contributed by atoms with Gasteiger partial charge in [-0.05, 0) is 30.9 Å². The Labute approximate surface area is 109 Å². The Morgan fingerprint density at radius 3 is 2.67 bits per heavy atom. The smallest absolute Gasteiger partial charge is 0.0726 e. The second-order valence-electron chi connectivity index (χ2n) is 4.97. The third kappa shape index (κ3) is 3.80. The van der Waals surface area contributed by atoms with Crippen LogP contribution in [-0.2, 0) is 22.6 Å². The second-order valence-corrected chi connectivity index (χ2v) is 4.97. The number of nitrogens with one attached hydrogen (secondary N) is 1. The van der Waals surface area contributed by atoms with Gasteiger partial charge in [-0.15, -0.1) is 0 Å². The lowest BCUT2D eigenvalue weighted by Gasteiger charge is -2.20. The molecule has 1 N–H and O–H groups in total. The van der Waals surface area contributed by atoms with Crippen LogP contribution in [0.5, 0.6) is 0 Å². The normalized spacial score (nSPS) is 21.1. The van der Waals surface area contributed by atoms with E-state index in [1.807, 2.05) is 0 Å². The average Bonchev–Trinajstić information content (AvgIpc) is 2.92. The predicted molar refractivity (Wildman–Crippen MR) is 72.4 cm³/mol. The van der Waals surface area contributed by atoms with Crippen molar-refractivity contribution in [2.45, 2.75) is 45.1 Å². The maximum Gasteiger partial charge on any atom is 0.0726 e. The molecule has 3 heteroatoms. The maximum atomic E-state index is 5.68. The summed E-state index contributed by atoms with van der Waals surface area (Å²) in [6, 6.07) is 8.98. The summed E-state index contributed by atoms with van der Waals surface area (Å²) in [5, 5.41) is 3.54. The minimum absolute atomic E-state index is 0.387. The van der Waals surface area contributed by atoms with Crippen LogP contribution >= 0.6 is 0 Å². The number of methoxy groups -OCH3 is 1. The van der Waals surface area contributed by atoms with Crippen molar-refractivity contribution in [1.29, 1.82) is 0 Å². The summed E-state index contributed by atoms with van der Waals surface area (Å²) in [6.45, 7) is 4.70. The Morgan fingerprint density at radius 2 is 2.06 bits per heavy atom. The fourth-order valence-corrected chi connectivity index (χ4v) is 2.33. The first-order chi connectivity index (χ1) is 8.79. The molecule has 1 saturated heterocycles. The molecule has 0 bridgehead atoms. The molecule has 1 heterocycles. The molecule has 1 aromatic carbocycles. The molecule has 1 aliphatic heterocycles. The SMILES string of the molecule is COCc1ccc(CNC(C)C2CCCO2)cc1. The quantitative estimate of drug-likeness (QED) is 0.840. The third-order valence-electron chi connectivity index (χ3n) is 3.48. The van der Waals surface area contributed by atoms with E-state index in [1.54, 1.807) is 7.11 Å². The number of hydrogen-bond donors (Lipinski definition) is 1. The van der Waals surface area contributed by atoms with Gasteiger partial charge >= 0.3 is 0 Å². The van der Waals surface area contributed by atoms with Gasteiger partial charge in [0.1, 0.15) is 0 Å². The van der Waals surface area contributed by atoms with Crippen molar-refractivity contribution in [3.05, 3.63) is 35.4 Å². The van der Waals surface area contributed by atoms with Gasteiger partial charge in [0.15, 0.2) is 0 Å². The van der Waals surface area contributed by atoms with Gasteiger partial charge in [-0.1, -0.05) is 24.3 Å². The summed E-state index contributed by atoms with van der Waals surface area (Å²) >= 11 is 0. The highest BCUT2D eigenvalue weighted by Gasteiger charge is 2.21. The standard InChI is InChI=1S/C15H23NO2/c1-12(15-4-3-9-18-15)16-10-13-5-7-14(8-6-13)11-17-2/h5-8,12,15-16H,3-4,9-11H2,1-2H3. The first-order valence-corrected chi connectivity index (χ1v) is 6.71. The fraction of sp³-hybridized carbons (Fsp3) is 0.600. The summed E-state index contributed by atoms with van der Waals surface area (Å²) in [5.74, 6) is 0. The van der Waals surface area contributed by atoms with E-state index in [2.05, 4.69) is 36.5 Å². The van der Waals surface area contributed by atoms with Crippen LogP contribution in [0.2, 0.25) is 0 Å². The summed E-state index contributed by atoms with van der Waals surface area (Å²) in [7, 11) is 1.72. The molecular weight excluding hydrogens is 226 g/mol. The average molecular weight is 249 g/mol. The highest BCUT2D eigenvalue weighted by molar-refractivity contribution is 5.22. The van der Waals surface area contributed by atoms with E-state index in [1.165, 1.54) is 24.0 Å². The zero-order chi connectivity index (χ0) is 12.8. The van der Waals surface area contributed by atoms with Gasteiger partial charge in [0.25, 0.3) is 0 Å². The summed E-state index contributed by atoms with van der Waals surface area (Å²) in [4.78, 5) is 0. The Hall–Kier alpha value is -0.900. The molecule has 0 spiro atoms. The Bertz CT molecular complexity index is 344. The van der Waals surface area contributed by atoms with E-state index in [-0.39, 0.29) is 0 Å². The number of benzene rings is 1. The molecule has 100 valence electrons. The second kappa shape index (κ2) is 6.88. The molecule has 1 aliphatic rings. The van der Waals surface area contributed by atoms with Gasteiger partial charge < -0.3 is 14.8 Å². The minimum Gasteiger partial charge on any atom is -0.380 e. The lowest BCUT2D eigenvalue weighted by molar-refractivity contribution is 0.0832. The van der Waals surface area contributed by atoms with E-state index in [0.29, 0.717) is 18.8 Å². The van der Waals surface area contributed by atoms with Crippen LogP contribution in [0.3, 0.4) is 0 Å². The maximum absolute atomic E-state index is 5.68. The number of rotatable bonds is 6. The summed E-state index contributed by atoms with van der Waals surface area (Å²) in [5.41, 5.74) is 2.52. The van der Waals surface area contributed by atoms with E-state index in [0.717, 1.165) is 13.2 Å². The van der Waals surface area contributed by atoms with Crippen LogP contribution in [0.25, 0.3) is 0 Å². The van der Waals surface area contributed by atoms with Crippen LogP contribution in [0.1, 0.15) is 30.9 Å². The molecule has 18 heavy (non-hydrogen) atoms. The van der Waals surface area contributed by atoms with Crippen molar-refractivity contribution in [2.75, 3.05) is 13.7 Å². The Kier molecular flexibility index (Phi) is 5.17. The van der Waals surface area contributed by atoms with Gasteiger partial charge in [-0.2, -0.15) is 0 Å². The molecular formula is C15H23NO2. The molecule has 2 atom stereocenters. The van der Waals surface area contributed by atoms with Crippen molar-refractivity contribution in [2.24, 2.45) is 0 Å². The molecule has 0 saturated carbocycles. The minimum atomic E-state index is 0.387. The molecule has 1 fully saturated rings.